The Labute approximate surface area is 130 Å². The number of allylic oxidation sites excluding steroid dienone is 1. The van der Waals surface area contributed by atoms with Gasteiger partial charge < -0.3 is 9.84 Å². The lowest BCUT2D eigenvalue weighted by molar-refractivity contribution is -0.131. The maximum atomic E-state index is 10.3. The fourth-order valence-corrected chi connectivity index (χ4v) is 2.42. The van der Waals surface area contributed by atoms with Crippen LogP contribution in [0.15, 0.2) is 12.2 Å². The van der Waals surface area contributed by atoms with E-state index in [1.807, 2.05) is 0 Å². The van der Waals surface area contributed by atoms with Gasteiger partial charge in [0, 0.05) is 6.08 Å². The smallest absolute Gasteiger partial charge is 0.327 e. The van der Waals surface area contributed by atoms with Crippen LogP contribution in [-0.4, -0.2) is 22.8 Å². The van der Waals surface area contributed by atoms with Crippen molar-refractivity contribution in [2.24, 2.45) is 0 Å². The van der Waals surface area contributed by atoms with E-state index < -0.39 is 5.97 Å². The molecule has 0 aromatic heterocycles. The van der Waals surface area contributed by atoms with Crippen molar-refractivity contribution in [2.75, 3.05) is 0 Å². The average Bonchev–Trinajstić information content (AvgIpc) is 2.33. The molecular formula is C18H34O3. The minimum absolute atomic E-state index is 0.0332. The quantitative estimate of drug-likeness (QED) is 0.390. The summed E-state index contributed by atoms with van der Waals surface area (Å²) in [6.07, 6.45) is 14.1. The number of unbranched alkanes of at least 4 members (excludes halogenated alkanes) is 7. The molecule has 1 unspecified atom stereocenters. The second-order valence-electron chi connectivity index (χ2n) is 6.83. The van der Waals surface area contributed by atoms with Crippen LogP contribution in [0, 0.1) is 0 Å². The molecule has 21 heavy (non-hydrogen) atoms. The monoisotopic (exact) mass is 298 g/mol. The number of hydrogen-bond donors (Lipinski definition) is 1. The van der Waals surface area contributed by atoms with E-state index in [9.17, 15) is 4.79 Å². The van der Waals surface area contributed by atoms with Crippen LogP contribution in [0.3, 0.4) is 0 Å². The molecule has 0 spiro atoms. The summed E-state index contributed by atoms with van der Waals surface area (Å²) < 4.78 is 5.89. The molecule has 0 rings (SSSR count). The van der Waals surface area contributed by atoms with Crippen LogP contribution in [0.2, 0.25) is 0 Å². The molecule has 124 valence electrons. The van der Waals surface area contributed by atoms with E-state index in [-0.39, 0.29) is 5.60 Å². The van der Waals surface area contributed by atoms with E-state index in [0.29, 0.717) is 6.10 Å². The molecule has 0 aromatic rings. The molecular weight excluding hydrogens is 264 g/mol. The summed E-state index contributed by atoms with van der Waals surface area (Å²) in [7, 11) is 0. The Balaban J connectivity index is 3.28. The Morgan fingerprint density at radius 3 is 2.10 bits per heavy atom. The van der Waals surface area contributed by atoms with E-state index >= 15 is 0 Å². The lowest BCUT2D eigenvalue weighted by Crippen LogP contribution is -2.25. The third-order valence-electron chi connectivity index (χ3n) is 3.30. The molecule has 0 aliphatic carbocycles. The Morgan fingerprint density at radius 2 is 1.57 bits per heavy atom. The molecule has 0 fully saturated rings. The van der Waals surface area contributed by atoms with Crippen molar-refractivity contribution in [3.05, 3.63) is 12.2 Å². The van der Waals surface area contributed by atoms with E-state index in [1.165, 1.54) is 44.6 Å². The largest absolute Gasteiger partial charge is 0.478 e. The summed E-state index contributed by atoms with van der Waals surface area (Å²) in [6.45, 7) is 8.48. The Hall–Kier alpha value is -0.830. The zero-order valence-electron chi connectivity index (χ0n) is 14.4. The van der Waals surface area contributed by atoms with E-state index in [4.69, 9.17) is 9.84 Å². The third kappa shape index (κ3) is 17.1. The van der Waals surface area contributed by atoms with Crippen LogP contribution >= 0.6 is 0 Å². The van der Waals surface area contributed by atoms with Crippen molar-refractivity contribution < 1.29 is 14.6 Å². The second-order valence-corrected chi connectivity index (χ2v) is 6.83. The number of hydrogen-bond acceptors (Lipinski definition) is 2. The maximum absolute atomic E-state index is 10.3. The van der Waals surface area contributed by atoms with Crippen LogP contribution in [0.1, 0.15) is 85.5 Å². The minimum atomic E-state index is -0.848. The van der Waals surface area contributed by atoms with Crippen molar-refractivity contribution >= 4 is 5.97 Å². The summed E-state index contributed by atoms with van der Waals surface area (Å²) in [5, 5.41) is 8.44. The first-order valence-electron chi connectivity index (χ1n) is 8.38. The van der Waals surface area contributed by atoms with Crippen molar-refractivity contribution in [2.45, 2.75) is 97.2 Å². The minimum Gasteiger partial charge on any atom is -0.478 e. The SMILES string of the molecule is CC(CCCCCCCCC/C=C/C(=O)O)OC(C)(C)C. The molecule has 3 nitrogen and oxygen atoms in total. The predicted octanol–water partition coefficient (Wildman–Crippen LogP) is 5.34. The van der Waals surface area contributed by atoms with Gasteiger partial charge in [0.1, 0.15) is 0 Å². The van der Waals surface area contributed by atoms with Gasteiger partial charge in [-0.3, -0.25) is 0 Å². The van der Waals surface area contributed by atoms with Crippen LogP contribution in [-0.2, 0) is 9.53 Å². The van der Waals surface area contributed by atoms with Gasteiger partial charge in [0.2, 0.25) is 0 Å². The van der Waals surface area contributed by atoms with Gasteiger partial charge in [0.15, 0.2) is 0 Å². The van der Waals surface area contributed by atoms with Gasteiger partial charge in [-0.25, -0.2) is 4.79 Å². The van der Waals surface area contributed by atoms with Crippen LogP contribution in [0.5, 0.6) is 0 Å². The highest BCUT2D eigenvalue weighted by atomic mass is 16.5. The average molecular weight is 298 g/mol. The summed E-state index contributed by atoms with van der Waals surface area (Å²) in [5.41, 5.74) is -0.0332. The van der Waals surface area contributed by atoms with Crippen LogP contribution in [0.25, 0.3) is 0 Å². The predicted molar refractivity (Wildman–Crippen MR) is 88.6 cm³/mol. The van der Waals surface area contributed by atoms with Gasteiger partial charge in [-0.1, -0.05) is 44.6 Å². The first kappa shape index (κ1) is 20.2. The highest BCUT2D eigenvalue weighted by molar-refractivity contribution is 5.79. The van der Waals surface area contributed by atoms with Gasteiger partial charge >= 0.3 is 5.97 Å². The fourth-order valence-electron chi connectivity index (χ4n) is 2.42. The van der Waals surface area contributed by atoms with E-state index in [1.54, 1.807) is 6.08 Å². The first-order valence-corrected chi connectivity index (χ1v) is 8.38. The molecule has 0 bridgehead atoms. The number of rotatable bonds is 12. The molecule has 0 saturated heterocycles. The molecule has 0 saturated carbocycles. The third-order valence-corrected chi connectivity index (χ3v) is 3.30. The topological polar surface area (TPSA) is 46.5 Å². The molecule has 0 aromatic carbocycles. The second kappa shape index (κ2) is 11.8. The van der Waals surface area contributed by atoms with Gasteiger partial charge in [-0.15, -0.1) is 0 Å². The van der Waals surface area contributed by atoms with Crippen molar-refractivity contribution in [1.82, 2.24) is 0 Å². The number of ether oxygens (including phenoxy) is 1. The molecule has 0 amide bonds. The Morgan fingerprint density at radius 1 is 1.05 bits per heavy atom. The van der Waals surface area contributed by atoms with Crippen LogP contribution < -0.4 is 0 Å². The molecule has 0 radical (unpaired) electrons. The summed E-state index contributed by atoms with van der Waals surface area (Å²) >= 11 is 0. The number of aliphatic carboxylic acids is 1. The first-order chi connectivity index (χ1) is 9.81. The number of carboxylic acid groups (broad SMARTS) is 1. The fraction of sp³-hybridized carbons (Fsp3) is 0.833. The molecule has 0 aliphatic rings. The number of carbonyl (C=O) groups is 1. The van der Waals surface area contributed by atoms with Gasteiger partial charge in [-0.05, 0) is 47.0 Å². The molecule has 3 heteroatoms. The van der Waals surface area contributed by atoms with Gasteiger partial charge in [-0.2, -0.15) is 0 Å². The van der Waals surface area contributed by atoms with Crippen molar-refractivity contribution in [3.63, 3.8) is 0 Å². The molecule has 0 aliphatic heterocycles. The normalized spacial score (nSPS) is 13.7. The van der Waals surface area contributed by atoms with Crippen molar-refractivity contribution in [3.8, 4) is 0 Å². The Bertz CT molecular complexity index is 289. The van der Waals surface area contributed by atoms with Crippen LogP contribution in [0.4, 0.5) is 0 Å². The summed E-state index contributed by atoms with van der Waals surface area (Å²) in [5.74, 6) is -0.848. The zero-order chi connectivity index (χ0) is 16.1. The highest BCUT2D eigenvalue weighted by Gasteiger charge is 2.14. The zero-order valence-corrected chi connectivity index (χ0v) is 14.4. The van der Waals surface area contributed by atoms with E-state index in [2.05, 4.69) is 27.7 Å². The maximum Gasteiger partial charge on any atom is 0.327 e. The van der Waals surface area contributed by atoms with Gasteiger partial charge in [0.25, 0.3) is 0 Å². The Kier molecular flexibility index (Phi) is 11.3. The van der Waals surface area contributed by atoms with Crippen molar-refractivity contribution in [1.29, 1.82) is 0 Å². The summed E-state index contributed by atoms with van der Waals surface area (Å²) in [4.78, 5) is 10.3. The molecule has 1 N–H and O–H groups in total. The summed E-state index contributed by atoms with van der Waals surface area (Å²) in [6, 6.07) is 0. The lowest BCUT2D eigenvalue weighted by Gasteiger charge is -2.25. The lowest BCUT2D eigenvalue weighted by atomic mass is 10.1. The molecule has 1 atom stereocenters. The van der Waals surface area contributed by atoms with Gasteiger partial charge in [0.05, 0.1) is 11.7 Å². The highest BCUT2D eigenvalue weighted by Crippen LogP contribution is 2.16. The number of carboxylic acids is 1. The van der Waals surface area contributed by atoms with E-state index in [0.717, 1.165) is 19.3 Å². The standard InChI is InChI=1S/C18H34O3/c1-16(21-18(2,3)4)14-12-10-8-6-5-7-9-11-13-15-17(19)20/h13,15-16H,5-12,14H2,1-4H3,(H,19,20)/b15-13+. The molecule has 0 heterocycles.